The lowest BCUT2D eigenvalue weighted by Gasteiger charge is -2.34. The van der Waals surface area contributed by atoms with Gasteiger partial charge in [-0.05, 0) is 23.6 Å². The number of fused-ring (bicyclic) bond motifs is 1. The number of nitrogens with zero attached hydrogens (tertiary/aromatic N) is 2. The Hall–Kier alpha value is -2.13. The predicted molar refractivity (Wildman–Crippen MR) is 113 cm³/mol. The van der Waals surface area contributed by atoms with Gasteiger partial charge in [-0.3, -0.25) is 14.3 Å². The number of hydrogen-bond acceptors (Lipinski definition) is 6. The first-order valence-electron chi connectivity index (χ1n) is 9.52. The first kappa shape index (κ1) is 20.2. The van der Waals surface area contributed by atoms with Crippen LogP contribution in [0.15, 0.2) is 44.9 Å². The minimum Gasteiger partial charge on any atom is -0.408 e. The molecular weight excluding hydrogens is 414 g/mol. The molecule has 154 valence electrons. The molecule has 0 aliphatic carbocycles. The topological polar surface area (TPSA) is 76.7 Å². The largest absolute Gasteiger partial charge is 0.419 e. The molecule has 1 unspecified atom stereocenters. The van der Waals surface area contributed by atoms with Crippen LogP contribution < -0.4 is 11.1 Å². The van der Waals surface area contributed by atoms with Gasteiger partial charge in [0, 0.05) is 48.6 Å². The molecule has 1 aromatic carbocycles. The highest BCUT2D eigenvalue weighted by Crippen LogP contribution is 2.25. The van der Waals surface area contributed by atoms with E-state index in [4.69, 9.17) is 20.8 Å². The van der Waals surface area contributed by atoms with Gasteiger partial charge in [0.25, 0.3) is 0 Å². The van der Waals surface area contributed by atoms with Gasteiger partial charge in [-0.15, -0.1) is 11.3 Å². The van der Waals surface area contributed by atoms with Gasteiger partial charge < -0.3 is 14.5 Å². The molecule has 0 bridgehead atoms. The van der Waals surface area contributed by atoms with Crippen molar-refractivity contribution < 1.29 is 13.9 Å². The fraction of sp³-hybridized carbons (Fsp3) is 0.400. The first-order chi connectivity index (χ1) is 14.1. The molecule has 1 atom stereocenters. The van der Waals surface area contributed by atoms with Crippen LogP contribution in [0, 0.1) is 0 Å². The molecule has 2 aromatic heterocycles. The molecule has 3 aromatic rings. The summed E-state index contributed by atoms with van der Waals surface area (Å²) < 4.78 is 12.1. The second kappa shape index (κ2) is 9.13. The average Bonchev–Trinajstić information content (AvgIpc) is 3.35. The third kappa shape index (κ3) is 4.72. The van der Waals surface area contributed by atoms with Crippen LogP contribution in [0.4, 0.5) is 0 Å². The van der Waals surface area contributed by atoms with Crippen LogP contribution in [-0.4, -0.2) is 48.2 Å². The Morgan fingerprint density at radius 3 is 2.86 bits per heavy atom. The fourth-order valence-electron chi connectivity index (χ4n) is 3.54. The Morgan fingerprint density at radius 2 is 2.10 bits per heavy atom. The standard InChI is InChI=1S/C20H22ClN3O4S/c21-14-3-4-15-17(12-14)28-20(26)24(15)6-5-19(25)22-13-16(18-2-1-11-29-18)23-7-9-27-10-8-23/h1-4,11-12,16H,5-10,13H2,(H,22,25). The summed E-state index contributed by atoms with van der Waals surface area (Å²) in [6.45, 7) is 3.87. The van der Waals surface area contributed by atoms with Crippen molar-refractivity contribution in [3.05, 3.63) is 56.2 Å². The number of carbonyl (C=O) groups is 1. The number of ether oxygens (including phenoxy) is 1. The van der Waals surface area contributed by atoms with Crippen molar-refractivity contribution in [1.82, 2.24) is 14.8 Å². The zero-order valence-corrected chi connectivity index (χ0v) is 17.4. The van der Waals surface area contributed by atoms with E-state index in [1.807, 2.05) is 11.4 Å². The van der Waals surface area contributed by atoms with Crippen LogP contribution in [0.5, 0.6) is 0 Å². The number of nitrogens with one attached hydrogen (secondary N) is 1. The van der Waals surface area contributed by atoms with Crippen LogP contribution in [0.25, 0.3) is 11.1 Å². The zero-order chi connectivity index (χ0) is 20.2. The zero-order valence-electron chi connectivity index (χ0n) is 15.8. The molecule has 1 aliphatic rings. The van der Waals surface area contributed by atoms with Gasteiger partial charge in [0.05, 0.1) is 24.8 Å². The number of amides is 1. The highest BCUT2D eigenvalue weighted by Gasteiger charge is 2.24. The molecule has 1 fully saturated rings. The number of aryl methyl sites for hydroxylation is 1. The molecule has 1 N–H and O–H groups in total. The lowest BCUT2D eigenvalue weighted by molar-refractivity contribution is -0.121. The smallest absolute Gasteiger partial charge is 0.408 e. The predicted octanol–water partition coefficient (Wildman–Crippen LogP) is 2.89. The summed E-state index contributed by atoms with van der Waals surface area (Å²) in [6.07, 6.45) is 0.192. The van der Waals surface area contributed by atoms with E-state index in [-0.39, 0.29) is 24.9 Å². The van der Waals surface area contributed by atoms with Gasteiger partial charge in [-0.2, -0.15) is 0 Å². The second-order valence-corrected chi connectivity index (χ2v) is 8.28. The van der Waals surface area contributed by atoms with Crippen LogP contribution in [0.2, 0.25) is 5.02 Å². The number of oxazole rings is 1. The maximum atomic E-state index is 12.5. The highest BCUT2D eigenvalue weighted by molar-refractivity contribution is 7.10. The van der Waals surface area contributed by atoms with E-state index in [1.54, 1.807) is 29.5 Å². The number of benzene rings is 1. The van der Waals surface area contributed by atoms with Crippen molar-refractivity contribution in [3.63, 3.8) is 0 Å². The maximum absolute atomic E-state index is 12.5. The molecule has 29 heavy (non-hydrogen) atoms. The summed E-state index contributed by atoms with van der Waals surface area (Å²) in [5, 5.41) is 5.57. The van der Waals surface area contributed by atoms with Crippen LogP contribution in [0.1, 0.15) is 17.3 Å². The molecule has 0 spiro atoms. The number of hydrogen-bond donors (Lipinski definition) is 1. The van der Waals surface area contributed by atoms with Gasteiger partial charge in [-0.25, -0.2) is 4.79 Å². The Balaban J connectivity index is 1.38. The summed E-state index contributed by atoms with van der Waals surface area (Å²) in [5.41, 5.74) is 1.06. The number of thiophene rings is 1. The lowest BCUT2D eigenvalue weighted by atomic mass is 10.2. The van der Waals surface area contributed by atoms with Crippen molar-refractivity contribution in [2.24, 2.45) is 0 Å². The van der Waals surface area contributed by atoms with Crippen molar-refractivity contribution in [2.45, 2.75) is 19.0 Å². The Bertz CT molecular complexity index is 1020. The van der Waals surface area contributed by atoms with Crippen LogP contribution >= 0.6 is 22.9 Å². The average molecular weight is 436 g/mol. The summed E-state index contributed by atoms with van der Waals surface area (Å²) in [6, 6.07) is 9.28. The van der Waals surface area contributed by atoms with E-state index in [9.17, 15) is 9.59 Å². The number of halogens is 1. The monoisotopic (exact) mass is 435 g/mol. The van der Waals surface area contributed by atoms with E-state index in [2.05, 4.69) is 16.3 Å². The Kier molecular flexibility index (Phi) is 6.34. The summed E-state index contributed by atoms with van der Waals surface area (Å²) in [7, 11) is 0. The first-order valence-corrected chi connectivity index (χ1v) is 10.8. The summed E-state index contributed by atoms with van der Waals surface area (Å²) in [4.78, 5) is 28.1. The highest BCUT2D eigenvalue weighted by atomic mass is 35.5. The Labute approximate surface area is 176 Å². The fourth-order valence-corrected chi connectivity index (χ4v) is 4.57. The molecule has 0 radical (unpaired) electrons. The Morgan fingerprint density at radius 1 is 1.28 bits per heavy atom. The number of morpholine rings is 1. The molecule has 0 saturated carbocycles. The lowest BCUT2D eigenvalue weighted by Crippen LogP contribution is -2.43. The minimum atomic E-state index is -0.486. The molecule has 1 amide bonds. The number of rotatable bonds is 7. The molecule has 3 heterocycles. The van der Waals surface area contributed by atoms with Gasteiger partial charge in [-0.1, -0.05) is 17.7 Å². The van der Waals surface area contributed by atoms with Crippen LogP contribution in [-0.2, 0) is 16.1 Å². The molecule has 9 heteroatoms. The van der Waals surface area contributed by atoms with Crippen molar-refractivity contribution in [3.8, 4) is 0 Å². The van der Waals surface area contributed by atoms with Crippen molar-refractivity contribution in [1.29, 1.82) is 0 Å². The summed E-state index contributed by atoms with van der Waals surface area (Å²) in [5.74, 6) is -0.588. The van der Waals surface area contributed by atoms with Crippen molar-refractivity contribution >= 4 is 39.9 Å². The molecule has 4 rings (SSSR count). The van der Waals surface area contributed by atoms with E-state index in [0.717, 1.165) is 13.1 Å². The summed E-state index contributed by atoms with van der Waals surface area (Å²) >= 11 is 7.63. The third-order valence-electron chi connectivity index (χ3n) is 5.04. The van der Waals surface area contributed by atoms with Crippen LogP contribution in [0.3, 0.4) is 0 Å². The molecule has 1 aliphatic heterocycles. The third-order valence-corrected chi connectivity index (χ3v) is 6.25. The molecule has 1 saturated heterocycles. The molecule has 7 nitrogen and oxygen atoms in total. The maximum Gasteiger partial charge on any atom is 0.419 e. The quantitative estimate of drug-likeness (QED) is 0.617. The van der Waals surface area contributed by atoms with Crippen molar-refractivity contribution in [2.75, 3.05) is 32.8 Å². The molecular formula is C20H22ClN3O4S. The second-order valence-electron chi connectivity index (χ2n) is 6.87. The van der Waals surface area contributed by atoms with Gasteiger partial charge >= 0.3 is 5.76 Å². The normalized spacial score (nSPS) is 16.2. The number of carbonyl (C=O) groups excluding carboxylic acids is 1. The minimum absolute atomic E-state index is 0.102. The van der Waals surface area contributed by atoms with Gasteiger partial charge in [0.2, 0.25) is 5.91 Å². The number of aromatic nitrogens is 1. The van der Waals surface area contributed by atoms with E-state index in [0.29, 0.717) is 35.9 Å². The van der Waals surface area contributed by atoms with Gasteiger partial charge in [0.15, 0.2) is 5.58 Å². The van der Waals surface area contributed by atoms with E-state index < -0.39 is 5.76 Å². The van der Waals surface area contributed by atoms with Gasteiger partial charge in [0.1, 0.15) is 0 Å². The SMILES string of the molecule is O=C(CCn1c(=O)oc2cc(Cl)ccc21)NCC(c1cccs1)N1CCOCC1. The van der Waals surface area contributed by atoms with E-state index >= 15 is 0 Å². The van der Waals surface area contributed by atoms with E-state index in [1.165, 1.54) is 9.44 Å².